The van der Waals surface area contributed by atoms with E-state index < -0.39 is 22.0 Å². The van der Waals surface area contributed by atoms with Crippen LogP contribution < -0.4 is 36.6 Å². The molecule has 598 valence electrons. The molecule has 8 N–H and O–H groups in total. The molecule has 32 heteroatoms. The van der Waals surface area contributed by atoms with Crippen LogP contribution in [-0.4, -0.2) is 159 Å². The molecule has 26 nitrogen and oxygen atoms in total. The maximum atomic E-state index is 12.7. The van der Waals surface area contributed by atoms with E-state index in [4.69, 9.17) is 67.5 Å². The molecule has 13 aromatic rings. The number of anilines is 6. The molecule has 9 heterocycles. The van der Waals surface area contributed by atoms with Crippen LogP contribution in [-0.2, 0) is 19.5 Å². The predicted molar refractivity (Wildman–Crippen MR) is 460 cm³/mol. The number of halogens is 5. The summed E-state index contributed by atoms with van der Waals surface area (Å²) in [4.78, 5) is 83.1. The highest BCUT2D eigenvalue weighted by atomic mass is 35.5. The van der Waals surface area contributed by atoms with Gasteiger partial charge in [0.1, 0.15) is 11.6 Å². The van der Waals surface area contributed by atoms with Gasteiger partial charge in [-0.15, -0.1) is 0 Å². The van der Waals surface area contributed by atoms with Gasteiger partial charge in [-0.1, -0.05) is 82.3 Å². The fourth-order valence-corrected chi connectivity index (χ4v) is 13.5. The van der Waals surface area contributed by atoms with Gasteiger partial charge in [0, 0.05) is 147 Å². The first-order valence-corrected chi connectivity index (χ1v) is 39.8. The first kappa shape index (κ1) is 85.9. The standard InChI is InChI=1S/C23H23Cl2N5O2.C21H21ClN4O2.C21H20ClN3O4S.C20H14ClN5O/c24-19-5-4-17(14-18(19)21-3-1-2-6-26-21)29-23(31)16-13-20(25)22(28-15-16)27-7-8-30-9-11-32-12-10-30;1-14-16(7-9-20(25-14)24-11-12-28-2)21(27)26-15-6-8-18(22)17(13-15)19-5-3-4-10-23-19;1-14(26)13-24-30(28,29)17-8-5-15(6-9-17)21(27)25-16-7-10-19(22)18(12-16)20-4-2-3-11-23-20;21-17-7-6-15(12-16(17)18-4-1-2-9-22-18)25-20(27)14-5-8-19(23-13-14)26-11-3-10-24-26/h1-6,13-15H,7-12H2,(H,27,28)(H,29,31);3-10,13H,11-12H2,1-2H3,(H,24,25)(H,26,27);2-12,14,24,26H,13H2,1H3,(H,25,27);1-13H,(H,25,27)/t;;14-;/m..1./s1. The summed E-state index contributed by atoms with van der Waals surface area (Å²) >= 11 is 31.5. The Balaban J connectivity index is 0.000000153. The van der Waals surface area contributed by atoms with E-state index in [0.29, 0.717) is 124 Å². The number of amides is 4. The summed E-state index contributed by atoms with van der Waals surface area (Å²) in [6, 6.07) is 59.0. The first-order chi connectivity index (χ1) is 56.6. The zero-order valence-electron chi connectivity index (χ0n) is 63.2. The predicted octanol–water partition coefficient (Wildman–Crippen LogP) is 16.4. The van der Waals surface area contributed by atoms with Gasteiger partial charge in [-0.3, -0.25) is 44.0 Å². The van der Waals surface area contributed by atoms with E-state index in [9.17, 15) is 32.7 Å². The lowest BCUT2D eigenvalue weighted by atomic mass is 10.1. The largest absolute Gasteiger partial charge is 0.392 e. The van der Waals surface area contributed by atoms with Gasteiger partial charge in [-0.25, -0.2) is 32.8 Å². The molecule has 4 amide bonds. The summed E-state index contributed by atoms with van der Waals surface area (Å²) in [5.74, 6) is 0.696. The Kier molecular flexibility index (Phi) is 31.3. The highest BCUT2D eigenvalue weighted by Crippen LogP contribution is 2.34. The van der Waals surface area contributed by atoms with Crippen LogP contribution in [0.4, 0.5) is 34.4 Å². The number of morpholine rings is 1. The number of nitrogens with one attached hydrogen (secondary N) is 7. The summed E-state index contributed by atoms with van der Waals surface area (Å²) < 4.78 is 38.6. The van der Waals surface area contributed by atoms with E-state index in [2.05, 4.69) is 81.5 Å². The summed E-state index contributed by atoms with van der Waals surface area (Å²) in [6.45, 7) is 9.37. The van der Waals surface area contributed by atoms with Crippen molar-refractivity contribution >= 4 is 126 Å². The molecule has 0 unspecified atom stereocenters. The number of carbonyl (C=O) groups is 4. The van der Waals surface area contributed by atoms with Crippen LogP contribution in [0, 0.1) is 6.92 Å². The van der Waals surface area contributed by atoms with Crippen molar-refractivity contribution in [3.05, 3.63) is 309 Å². The van der Waals surface area contributed by atoms with Gasteiger partial charge < -0.3 is 46.5 Å². The molecule has 1 saturated heterocycles. The number of aromatic nitrogens is 9. The van der Waals surface area contributed by atoms with Gasteiger partial charge in [-0.2, -0.15) is 5.10 Å². The molecule has 1 fully saturated rings. The topological polar surface area (TPSA) is 337 Å². The Morgan fingerprint density at radius 3 is 1.40 bits per heavy atom. The van der Waals surface area contributed by atoms with Crippen LogP contribution >= 0.6 is 58.0 Å². The third-order valence-electron chi connectivity index (χ3n) is 17.3. The molecule has 14 rings (SSSR count). The van der Waals surface area contributed by atoms with Gasteiger partial charge in [0.05, 0.1) is 101 Å². The van der Waals surface area contributed by atoms with Crippen molar-refractivity contribution in [3.8, 4) is 50.8 Å². The second kappa shape index (κ2) is 42.6. The van der Waals surface area contributed by atoms with Gasteiger partial charge >= 0.3 is 0 Å². The van der Waals surface area contributed by atoms with Crippen molar-refractivity contribution in [2.75, 3.05) is 98.1 Å². The molecule has 0 saturated carbocycles. The van der Waals surface area contributed by atoms with Crippen LogP contribution in [0.1, 0.15) is 54.0 Å². The average Bonchev–Trinajstić information content (AvgIpc) is 1.72. The second-order valence-electron chi connectivity index (χ2n) is 25.7. The van der Waals surface area contributed by atoms with E-state index in [1.165, 1.54) is 43.6 Å². The Labute approximate surface area is 700 Å². The molecule has 117 heavy (non-hydrogen) atoms. The molecule has 0 bridgehead atoms. The number of aliphatic hydroxyl groups excluding tert-OH is 1. The maximum Gasteiger partial charge on any atom is 0.257 e. The monoisotopic (exact) mass is 1690 g/mol. The number of methoxy groups -OCH3 is 1. The molecule has 0 radical (unpaired) electrons. The van der Waals surface area contributed by atoms with Crippen LogP contribution in [0.3, 0.4) is 0 Å². The van der Waals surface area contributed by atoms with Crippen molar-refractivity contribution in [2.24, 2.45) is 0 Å². The lowest BCUT2D eigenvalue weighted by Gasteiger charge is -2.26. The SMILES string of the molecule is COCCNc1ccc(C(=O)Nc2ccc(Cl)c(-c3ccccn3)c2)c(C)n1.C[C@@H](O)CNS(=O)(=O)c1ccc(C(=O)Nc2ccc(Cl)c(-c3ccccn3)c2)cc1.O=C(Nc1ccc(Cl)c(-c2ccccn2)c1)c1ccc(-n2cccn2)nc1.O=C(Nc1ccc(Cl)c(-c2ccccn2)c1)c1cnc(NCCN2CCOCC2)c(Cl)c1. The van der Waals surface area contributed by atoms with Crippen LogP contribution in [0.15, 0.2) is 261 Å². The minimum absolute atomic E-state index is 0.00336. The smallest absolute Gasteiger partial charge is 0.257 e. The van der Waals surface area contributed by atoms with E-state index in [0.717, 1.165) is 66.6 Å². The number of hydrogen-bond donors (Lipinski definition) is 8. The van der Waals surface area contributed by atoms with Crippen LogP contribution in [0.5, 0.6) is 0 Å². The molecule has 0 aliphatic carbocycles. The molecule has 8 aromatic heterocycles. The highest BCUT2D eigenvalue weighted by molar-refractivity contribution is 7.89. The second-order valence-corrected chi connectivity index (χ2v) is 29.5. The molecule has 1 aliphatic rings. The molecule has 1 aliphatic heterocycles. The number of nitrogens with zero attached hydrogens (tertiary/aromatic N) is 10. The number of pyridine rings is 7. The fourth-order valence-electron chi connectivity index (χ4n) is 11.3. The maximum absolute atomic E-state index is 12.7. The molecular formula is C85H78Cl5N17O9S. The van der Waals surface area contributed by atoms with Gasteiger partial charge in [0.25, 0.3) is 23.6 Å². The molecular weight excluding hydrogens is 1610 g/mol. The number of benzene rings is 5. The Hall–Kier alpha value is -12.0. The molecule has 0 spiro atoms. The Bertz CT molecular complexity index is 5620. The highest BCUT2D eigenvalue weighted by Gasteiger charge is 2.20. The zero-order chi connectivity index (χ0) is 82.6. The van der Waals surface area contributed by atoms with Gasteiger partial charge in [0.2, 0.25) is 10.0 Å². The zero-order valence-corrected chi connectivity index (χ0v) is 67.8. The Morgan fingerprint density at radius 1 is 0.504 bits per heavy atom. The van der Waals surface area contributed by atoms with Crippen molar-refractivity contribution < 1.29 is 42.2 Å². The van der Waals surface area contributed by atoms with E-state index >= 15 is 0 Å². The lowest BCUT2D eigenvalue weighted by molar-refractivity contribution is 0.0398. The third kappa shape index (κ3) is 25.0. The van der Waals surface area contributed by atoms with E-state index in [1.54, 1.807) is 159 Å². The average molecular weight is 1690 g/mol. The summed E-state index contributed by atoms with van der Waals surface area (Å²) in [6.07, 6.45) is 12.4. The lowest BCUT2D eigenvalue weighted by Crippen LogP contribution is -2.39. The number of sulfonamides is 1. The summed E-state index contributed by atoms with van der Waals surface area (Å²) in [7, 11) is -2.12. The number of aliphatic hydroxyl groups is 1. The number of aryl methyl sites for hydroxylation is 1. The minimum atomic E-state index is -3.76. The summed E-state index contributed by atoms with van der Waals surface area (Å²) in [5, 5.41) is 33.7. The molecule has 5 aromatic carbocycles. The van der Waals surface area contributed by atoms with Gasteiger partial charge in [0.15, 0.2) is 5.82 Å². The number of hydrogen-bond acceptors (Lipinski definition) is 20. The summed E-state index contributed by atoms with van der Waals surface area (Å²) in [5.41, 5.74) is 10.5. The minimum Gasteiger partial charge on any atom is -0.392 e. The number of ether oxygens (including phenoxy) is 2. The van der Waals surface area contributed by atoms with Crippen LogP contribution in [0.25, 0.3) is 50.8 Å². The van der Waals surface area contributed by atoms with Crippen molar-refractivity contribution in [2.45, 2.75) is 24.8 Å². The van der Waals surface area contributed by atoms with Crippen molar-refractivity contribution in [3.63, 3.8) is 0 Å². The normalized spacial score (nSPS) is 12.0. The van der Waals surface area contributed by atoms with Crippen molar-refractivity contribution in [1.82, 2.24) is 54.3 Å². The van der Waals surface area contributed by atoms with Crippen LogP contribution in [0.2, 0.25) is 25.1 Å². The number of carbonyl (C=O) groups excluding carboxylic acids is 4. The number of rotatable bonds is 25. The van der Waals surface area contributed by atoms with E-state index in [-0.39, 0.29) is 29.2 Å². The van der Waals surface area contributed by atoms with Gasteiger partial charge in [-0.05, 0) is 196 Å². The Morgan fingerprint density at radius 2 is 0.974 bits per heavy atom. The van der Waals surface area contributed by atoms with E-state index in [1.807, 2.05) is 78.9 Å². The first-order valence-electron chi connectivity index (χ1n) is 36.4. The molecule has 1 atom stereocenters. The third-order valence-corrected chi connectivity index (χ3v) is 20.3. The fraction of sp³-hybridized carbons (Fsp3) is 0.153. The quantitative estimate of drug-likeness (QED) is 0.0246. The van der Waals surface area contributed by atoms with Crippen molar-refractivity contribution in [1.29, 1.82) is 0 Å².